The number of hydrogen-bond donors (Lipinski definition) is 4. The topological polar surface area (TPSA) is 122 Å². The molecule has 0 aliphatic heterocycles. The summed E-state index contributed by atoms with van der Waals surface area (Å²) in [4.78, 5) is 34.3. The fourth-order valence-corrected chi connectivity index (χ4v) is 2.44. The Balaban J connectivity index is 2.44. The number of nitrogens with one attached hydrogen (secondary N) is 2. The molecule has 1 rings (SSSR count). The predicted octanol–water partition coefficient (Wildman–Crippen LogP) is 0.307. The van der Waals surface area contributed by atoms with Gasteiger partial charge in [0.15, 0.2) is 0 Å². The average molecular weight is 299 g/mol. The fraction of sp³-hybridized carbons (Fsp3) is 0.417. The van der Waals surface area contributed by atoms with E-state index in [1.165, 1.54) is 0 Å². The van der Waals surface area contributed by atoms with Gasteiger partial charge in [-0.05, 0) is 18.4 Å². The van der Waals surface area contributed by atoms with Crippen LogP contribution in [0.1, 0.15) is 18.2 Å². The van der Waals surface area contributed by atoms with Gasteiger partial charge in [0, 0.05) is 17.3 Å². The zero-order valence-corrected chi connectivity index (χ0v) is 11.8. The molecule has 0 fully saturated rings. The quantitative estimate of drug-likeness (QED) is 0.578. The number of aliphatic carboxylic acids is 1. The molecule has 2 atom stereocenters. The average Bonchev–Trinajstić information content (AvgIpc) is 2.79. The number of thiophene rings is 1. The van der Waals surface area contributed by atoms with E-state index in [1.807, 2.05) is 24.4 Å². The largest absolute Gasteiger partial charge is 0.480 e. The number of carboxylic acids is 1. The lowest BCUT2D eigenvalue weighted by atomic mass is 10.2. The van der Waals surface area contributed by atoms with Crippen LogP contribution in [0.3, 0.4) is 0 Å². The van der Waals surface area contributed by atoms with Crippen molar-refractivity contribution < 1.29 is 19.5 Å². The zero-order valence-electron chi connectivity index (χ0n) is 11.0. The summed E-state index contributed by atoms with van der Waals surface area (Å²) in [7, 11) is 0. The second kappa shape index (κ2) is 7.49. The smallest absolute Gasteiger partial charge is 0.326 e. The van der Waals surface area contributed by atoms with Crippen LogP contribution in [0, 0.1) is 0 Å². The minimum atomic E-state index is -1.32. The predicted molar refractivity (Wildman–Crippen MR) is 74.4 cm³/mol. The lowest BCUT2D eigenvalue weighted by Gasteiger charge is -2.17. The summed E-state index contributed by atoms with van der Waals surface area (Å²) in [5, 5.41) is 15.6. The number of nitrogens with two attached hydrogens (primary N) is 1. The maximum Gasteiger partial charge on any atom is 0.326 e. The number of carbonyl (C=O) groups is 3. The molecule has 7 nitrogen and oxygen atoms in total. The standard InChI is InChI=1S/C12H17N3O4S/c1-7(5-8-3-2-4-20-8)14-12(19)15-9(11(17)18)6-10(13)16/h2-4,7,9H,5-6H2,1H3,(H2,13,16)(H,17,18)(H2,14,15,19). The third-order valence-corrected chi connectivity index (χ3v) is 3.37. The first kappa shape index (κ1) is 16.0. The molecule has 20 heavy (non-hydrogen) atoms. The Kier molecular flexibility index (Phi) is 5.98. The van der Waals surface area contributed by atoms with Gasteiger partial charge in [-0.3, -0.25) is 4.79 Å². The first-order valence-electron chi connectivity index (χ1n) is 5.99. The van der Waals surface area contributed by atoms with Crippen molar-refractivity contribution in [2.45, 2.75) is 31.8 Å². The van der Waals surface area contributed by atoms with Crippen molar-refractivity contribution >= 4 is 29.2 Å². The van der Waals surface area contributed by atoms with Gasteiger partial charge in [-0.2, -0.15) is 0 Å². The summed E-state index contributed by atoms with van der Waals surface area (Å²) < 4.78 is 0. The van der Waals surface area contributed by atoms with Gasteiger partial charge >= 0.3 is 12.0 Å². The van der Waals surface area contributed by atoms with Crippen LogP contribution in [0.15, 0.2) is 17.5 Å². The number of urea groups is 1. The molecule has 3 amide bonds. The molecule has 0 bridgehead atoms. The van der Waals surface area contributed by atoms with Crippen LogP contribution in [0.4, 0.5) is 4.79 Å². The maximum absolute atomic E-state index is 11.6. The van der Waals surface area contributed by atoms with Gasteiger partial charge in [0.2, 0.25) is 5.91 Å². The Labute approximate surface area is 120 Å². The molecular weight excluding hydrogens is 282 g/mol. The van der Waals surface area contributed by atoms with Crippen molar-refractivity contribution in [3.8, 4) is 0 Å². The van der Waals surface area contributed by atoms with Gasteiger partial charge in [-0.15, -0.1) is 11.3 Å². The van der Waals surface area contributed by atoms with E-state index >= 15 is 0 Å². The summed E-state index contributed by atoms with van der Waals surface area (Å²) in [6.45, 7) is 1.81. The van der Waals surface area contributed by atoms with E-state index in [2.05, 4.69) is 10.6 Å². The van der Waals surface area contributed by atoms with Crippen LogP contribution in [-0.2, 0) is 16.0 Å². The SMILES string of the molecule is CC(Cc1cccs1)NC(=O)NC(CC(N)=O)C(=O)O. The number of carboxylic acid groups (broad SMARTS) is 1. The monoisotopic (exact) mass is 299 g/mol. The van der Waals surface area contributed by atoms with Gasteiger partial charge in [0.25, 0.3) is 0 Å². The molecule has 0 saturated heterocycles. The van der Waals surface area contributed by atoms with Crippen LogP contribution in [0.5, 0.6) is 0 Å². The number of carbonyl (C=O) groups excluding carboxylic acids is 2. The molecule has 0 saturated carbocycles. The van der Waals surface area contributed by atoms with E-state index in [9.17, 15) is 14.4 Å². The molecule has 0 spiro atoms. The highest BCUT2D eigenvalue weighted by molar-refractivity contribution is 7.09. The number of primary amides is 1. The molecule has 8 heteroatoms. The first-order valence-corrected chi connectivity index (χ1v) is 6.87. The highest BCUT2D eigenvalue weighted by Crippen LogP contribution is 2.10. The Bertz CT molecular complexity index is 475. The van der Waals surface area contributed by atoms with Gasteiger partial charge in [-0.1, -0.05) is 6.07 Å². The molecule has 2 unspecified atom stereocenters. The van der Waals surface area contributed by atoms with Gasteiger partial charge in [-0.25, -0.2) is 9.59 Å². The summed E-state index contributed by atoms with van der Waals surface area (Å²) in [5.41, 5.74) is 4.93. The minimum Gasteiger partial charge on any atom is -0.480 e. The summed E-state index contributed by atoms with van der Waals surface area (Å²) in [6.07, 6.45) is 0.209. The van der Waals surface area contributed by atoms with Crippen molar-refractivity contribution in [2.75, 3.05) is 0 Å². The highest BCUT2D eigenvalue weighted by Gasteiger charge is 2.22. The molecule has 0 aromatic carbocycles. The molecule has 1 aromatic heterocycles. The molecular formula is C12H17N3O4S. The lowest BCUT2D eigenvalue weighted by Crippen LogP contribution is -2.50. The van der Waals surface area contributed by atoms with Crippen LogP contribution in [0.25, 0.3) is 0 Å². The number of amides is 3. The van der Waals surface area contributed by atoms with E-state index in [4.69, 9.17) is 10.8 Å². The summed E-state index contributed by atoms with van der Waals surface area (Å²) in [6, 6.07) is 1.76. The second-order valence-corrected chi connectivity index (χ2v) is 5.40. The maximum atomic E-state index is 11.6. The van der Waals surface area contributed by atoms with E-state index < -0.39 is 30.4 Å². The van der Waals surface area contributed by atoms with Crippen molar-refractivity contribution in [1.29, 1.82) is 0 Å². The van der Waals surface area contributed by atoms with Crippen molar-refractivity contribution in [2.24, 2.45) is 5.73 Å². The molecule has 110 valence electrons. The first-order chi connectivity index (χ1) is 9.38. The van der Waals surface area contributed by atoms with Gasteiger partial charge < -0.3 is 21.5 Å². The zero-order chi connectivity index (χ0) is 15.1. The van der Waals surface area contributed by atoms with E-state index in [1.54, 1.807) is 11.3 Å². The van der Waals surface area contributed by atoms with Crippen molar-refractivity contribution in [1.82, 2.24) is 10.6 Å². The van der Waals surface area contributed by atoms with Crippen LogP contribution in [0.2, 0.25) is 0 Å². The Morgan fingerprint density at radius 3 is 2.60 bits per heavy atom. The van der Waals surface area contributed by atoms with Crippen molar-refractivity contribution in [3.05, 3.63) is 22.4 Å². The third kappa shape index (κ3) is 5.70. The lowest BCUT2D eigenvalue weighted by molar-refractivity contribution is -0.140. The van der Waals surface area contributed by atoms with E-state index in [0.717, 1.165) is 4.88 Å². The summed E-state index contributed by atoms with van der Waals surface area (Å²) >= 11 is 1.58. The Hall–Kier alpha value is -2.09. The van der Waals surface area contributed by atoms with E-state index in [-0.39, 0.29) is 6.04 Å². The van der Waals surface area contributed by atoms with Crippen molar-refractivity contribution in [3.63, 3.8) is 0 Å². The molecule has 1 heterocycles. The number of rotatable bonds is 7. The Morgan fingerprint density at radius 2 is 2.10 bits per heavy atom. The normalized spacial score (nSPS) is 13.2. The van der Waals surface area contributed by atoms with Crippen LogP contribution in [-0.4, -0.2) is 35.1 Å². The minimum absolute atomic E-state index is 0.156. The van der Waals surface area contributed by atoms with Crippen LogP contribution >= 0.6 is 11.3 Å². The van der Waals surface area contributed by atoms with Crippen LogP contribution < -0.4 is 16.4 Å². The third-order valence-electron chi connectivity index (χ3n) is 2.47. The van der Waals surface area contributed by atoms with Gasteiger partial charge in [0.1, 0.15) is 6.04 Å². The summed E-state index contributed by atoms with van der Waals surface area (Å²) in [5.74, 6) is -2.09. The molecule has 5 N–H and O–H groups in total. The Morgan fingerprint density at radius 1 is 1.40 bits per heavy atom. The molecule has 1 aromatic rings. The second-order valence-electron chi connectivity index (χ2n) is 4.36. The van der Waals surface area contributed by atoms with E-state index in [0.29, 0.717) is 6.42 Å². The molecule has 0 aliphatic carbocycles. The fourth-order valence-electron chi connectivity index (χ4n) is 1.61. The highest BCUT2D eigenvalue weighted by atomic mass is 32.1. The number of hydrogen-bond acceptors (Lipinski definition) is 4. The molecule has 0 aliphatic rings. The van der Waals surface area contributed by atoms with Gasteiger partial charge in [0.05, 0.1) is 6.42 Å². The molecule has 0 radical (unpaired) electrons.